The van der Waals surface area contributed by atoms with Crippen LogP contribution in [0.2, 0.25) is 0 Å². The highest BCUT2D eigenvalue weighted by Crippen LogP contribution is 2.42. The summed E-state index contributed by atoms with van der Waals surface area (Å²) in [4.78, 5) is 14.1. The van der Waals surface area contributed by atoms with Gasteiger partial charge in [0.05, 0.1) is 12.0 Å². The summed E-state index contributed by atoms with van der Waals surface area (Å²) >= 11 is 0. The van der Waals surface area contributed by atoms with E-state index in [1.54, 1.807) is 13.8 Å². The second kappa shape index (κ2) is 5.11. The van der Waals surface area contributed by atoms with E-state index >= 15 is 0 Å². The minimum atomic E-state index is -0.991. The third-order valence-electron chi connectivity index (χ3n) is 4.32. The zero-order valence-corrected chi connectivity index (χ0v) is 13.1. The van der Waals surface area contributed by atoms with E-state index in [1.165, 1.54) is 4.90 Å². The van der Waals surface area contributed by atoms with Crippen molar-refractivity contribution in [1.82, 2.24) is 0 Å². The first-order chi connectivity index (χ1) is 10.7. The molecule has 0 fully saturated rings. The molecule has 3 rings (SSSR count). The van der Waals surface area contributed by atoms with Gasteiger partial charge in [0.2, 0.25) is 5.91 Å². The molecule has 2 nitrogen and oxygen atoms in total. The van der Waals surface area contributed by atoms with Crippen molar-refractivity contribution in [3.63, 3.8) is 0 Å². The number of fused-ring (bicyclic) bond motifs is 1. The minimum Gasteiger partial charge on any atom is -0.307 e. The quantitative estimate of drug-likeness (QED) is 0.811. The van der Waals surface area contributed by atoms with Crippen LogP contribution < -0.4 is 4.90 Å². The number of anilines is 1. The average molecular weight is 319 g/mol. The van der Waals surface area contributed by atoms with Crippen molar-refractivity contribution in [2.45, 2.75) is 32.7 Å². The number of benzene rings is 2. The molecule has 0 radical (unpaired) electrons. The van der Waals surface area contributed by atoms with Crippen LogP contribution in [-0.2, 0) is 16.8 Å². The molecular weight excluding hydrogens is 303 g/mol. The van der Waals surface area contributed by atoms with Gasteiger partial charge in [-0.25, -0.2) is 13.2 Å². The van der Waals surface area contributed by atoms with Crippen molar-refractivity contribution in [3.8, 4) is 0 Å². The summed E-state index contributed by atoms with van der Waals surface area (Å²) in [5.41, 5.74) is 1.32. The highest BCUT2D eigenvalue weighted by Gasteiger charge is 2.44. The molecule has 1 aliphatic rings. The lowest BCUT2D eigenvalue weighted by Crippen LogP contribution is -2.36. The third kappa shape index (κ3) is 2.40. The number of halogens is 3. The molecule has 2 aromatic carbocycles. The van der Waals surface area contributed by atoms with Crippen LogP contribution in [0.5, 0.6) is 0 Å². The standard InChI is InChI=1S/C18H16F3NO/c1-10-4-5-13-16(6-10)22(17(23)18(13,2)3)9-12-14(20)7-11(19)8-15(12)21/h4-8H,9H2,1-3H3. The van der Waals surface area contributed by atoms with Gasteiger partial charge in [0.15, 0.2) is 0 Å². The number of rotatable bonds is 2. The van der Waals surface area contributed by atoms with Crippen LogP contribution in [0.1, 0.15) is 30.5 Å². The van der Waals surface area contributed by atoms with E-state index in [9.17, 15) is 18.0 Å². The van der Waals surface area contributed by atoms with Crippen LogP contribution in [0, 0.1) is 24.4 Å². The summed E-state index contributed by atoms with van der Waals surface area (Å²) in [5.74, 6) is -3.20. The van der Waals surface area contributed by atoms with Gasteiger partial charge in [-0.3, -0.25) is 4.79 Å². The van der Waals surface area contributed by atoms with E-state index in [4.69, 9.17) is 0 Å². The molecular formula is C18H16F3NO. The third-order valence-corrected chi connectivity index (χ3v) is 4.32. The number of hydrogen-bond acceptors (Lipinski definition) is 1. The summed E-state index contributed by atoms with van der Waals surface area (Å²) in [5, 5.41) is 0. The molecule has 1 aliphatic heterocycles. The first kappa shape index (κ1) is 15.6. The summed E-state index contributed by atoms with van der Waals surface area (Å²) in [7, 11) is 0. The van der Waals surface area contributed by atoms with Crippen LogP contribution >= 0.6 is 0 Å². The molecule has 0 spiro atoms. The Morgan fingerprint density at radius 3 is 2.26 bits per heavy atom. The molecule has 0 saturated carbocycles. The first-order valence-corrected chi connectivity index (χ1v) is 7.28. The topological polar surface area (TPSA) is 20.3 Å². The molecule has 0 atom stereocenters. The monoisotopic (exact) mass is 319 g/mol. The smallest absolute Gasteiger partial charge is 0.237 e. The van der Waals surface area contributed by atoms with Gasteiger partial charge in [-0.05, 0) is 38.0 Å². The van der Waals surface area contributed by atoms with Crippen molar-refractivity contribution in [2.75, 3.05) is 4.90 Å². The predicted octanol–water partition coefficient (Wildman–Crippen LogP) is 4.24. The Morgan fingerprint density at radius 1 is 1.04 bits per heavy atom. The van der Waals surface area contributed by atoms with Gasteiger partial charge < -0.3 is 4.90 Å². The van der Waals surface area contributed by atoms with Crippen molar-refractivity contribution < 1.29 is 18.0 Å². The SMILES string of the molecule is Cc1ccc2c(c1)N(Cc1c(F)cc(F)cc1F)C(=O)C2(C)C. The summed E-state index contributed by atoms with van der Waals surface area (Å²) < 4.78 is 40.9. The van der Waals surface area contributed by atoms with E-state index in [1.807, 2.05) is 25.1 Å². The lowest BCUT2D eigenvalue weighted by atomic mass is 9.86. The molecule has 0 unspecified atom stereocenters. The molecule has 1 amide bonds. The normalized spacial score (nSPS) is 15.9. The zero-order valence-electron chi connectivity index (χ0n) is 13.1. The fourth-order valence-corrected chi connectivity index (χ4v) is 2.99. The van der Waals surface area contributed by atoms with E-state index in [2.05, 4.69) is 0 Å². The van der Waals surface area contributed by atoms with Gasteiger partial charge in [0.25, 0.3) is 0 Å². The van der Waals surface area contributed by atoms with Crippen LogP contribution in [0.15, 0.2) is 30.3 Å². The van der Waals surface area contributed by atoms with Gasteiger partial charge in [0.1, 0.15) is 17.5 Å². The maximum absolute atomic E-state index is 13.9. The molecule has 0 saturated heterocycles. The second-order valence-electron chi connectivity index (χ2n) is 6.38. The maximum atomic E-state index is 13.9. The van der Waals surface area contributed by atoms with Crippen molar-refractivity contribution in [3.05, 3.63) is 64.5 Å². The predicted molar refractivity (Wildman–Crippen MR) is 81.7 cm³/mol. The number of nitrogens with zero attached hydrogens (tertiary/aromatic N) is 1. The van der Waals surface area contributed by atoms with E-state index < -0.39 is 22.9 Å². The molecule has 0 aromatic heterocycles. The van der Waals surface area contributed by atoms with Crippen LogP contribution in [0.25, 0.3) is 0 Å². The molecule has 2 aromatic rings. The van der Waals surface area contributed by atoms with Crippen LogP contribution in [-0.4, -0.2) is 5.91 Å². The Bertz CT molecular complexity index is 791. The molecule has 0 aliphatic carbocycles. The first-order valence-electron chi connectivity index (χ1n) is 7.28. The number of carbonyl (C=O) groups excluding carboxylic acids is 1. The van der Waals surface area contributed by atoms with Gasteiger partial charge in [0, 0.05) is 23.4 Å². The molecule has 120 valence electrons. The Hall–Kier alpha value is -2.30. The largest absolute Gasteiger partial charge is 0.307 e. The Balaban J connectivity index is 2.09. The number of aryl methyl sites for hydroxylation is 1. The Kier molecular flexibility index (Phi) is 3.47. The maximum Gasteiger partial charge on any atom is 0.237 e. The fourth-order valence-electron chi connectivity index (χ4n) is 2.99. The van der Waals surface area contributed by atoms with Gasteiger partial charge in [-0.1, -0.05) is 12.1 Å². The van der Waals surface area contributed by atoms with Gasteiger partial charge in [-0.2, -0.15) is 0 Å². The highest BCUT2D eigenvalue weighted by molar-refractivity contribution is 6.07. The number of hydrogen-bond donors (Lipinski definition) is 0. The Labute approximate surface area is 132 Å². The Morgan fingerprint density at radius 2 is 1.65 bits per heavy atom. The summed E-state index contributed by atoms with van der Waals surface area (Å²) in [6.07, 6.45) is 0. The lowest BCUT2D eigenvalue weighted by Gasteiger charge is -2.21. The summed E-state index contributed by atoms with van der Waals surface area (Å²) in [6, 6.07) is 6.83. The number of carbonyl (C=O) groups is 1. The van der Waals surface area contributed by atoms with E-state index in [0.717, 1.165) is 11.1 Å². The molecule has 23 heavy (non-hydrogen) atoms. The second-order valence-corrected chi connectivity index (χ2v) is 6.38. The molecule has 5 heteroatoms. The van der Waals surface area contributed by atoms with Gasteiger partial charge >= 0.3 is 0 Å². The highest BCUT2D eigenvalue weighted by atomic mass is 19.1. The fraction of sp³-hybridized carbons (Fsp3) is 0.278. The van der Waals surface area contributed by atoms with Crippen molar-refractivity contribution in [1.29, 1.82) is 0 Å². The summed E-state index contributed by atoms with van der Waals surface area (Å²) in [6.45, 7) is 5.17. The van der Waals surface area contributed by atoms with Crippen molar-refractivity contribution >= 4 is 11.6 Å². The molecule has 0 N–H and O–H groups in total. The molecule has 1 heterocycles. The van der Waals surface area contributed by atoms with Crippen LogP contribution in [0.4, 0.5) is 18.9 Å². The van der Waals surface area contributed by atoms with Gasteiger partial charge in [-0.15, -0.1) is 0 Å². The van der Waals surface area contributed by atoms with Crippen LogP contribution in [0.3, 0.4) is 0 Å². The molecule has 0 bridgehead atoms. The van der Waals surface area contributed by atoms with E-state index in [0.29, 0.717) is 17.8 Å². The van der Waals surface area contributed by atoms with Crippen molar-refractivity contribution in [2.24, 2.45) is 0 Å². The minimum absolute atomic E-state index is 0.235. The van der Waals surface area contributed by atoms with E-state index in [-0.39, 0.29) is 18.0 Å². The zero-order chi connectivity index (χ0) is 16.9. The lowest BCUT2D eigenvalue weighted by molar-refractivity contribution is -0.122. The number of amides is 1. The average Bonchev–Trinajstić information content (AvgIpc) is 2.62.